The van der Waals surface area contributed by atoms with Gasteiger partial charge < -0.3 is 0 Å². The third kappa shape index (κ3) is 2.96. The highest BCUT2D eigenvalue weighted by atomic mass is 19.4. The summed E-state index contributed by atoms with van der Waals surface area (Å²) in [5, 5.41) is 0. The molecule has 2 atom stereocenters. The minimum atomic E-state index is -4.77. The lowest BCUT2D eigenvalue weighted by molar-refractivity contribution is -0.140. The predicted molar refractivity (Wildman–Crippen MR) is 62.2 cm³/mol. The van der Waals surface area contributed by atoms with Crippen LogP contribution in [-0.2, 0) is 6.18 Å². The molecule has 104 valence electrons. The van der Waals surface area contributed by atoms with Gasteiger partial charge in [0.2, 0.25) is 0 Å². The summed E-state index contributed by atoms with van der Waals surface area (Å²) in [4.78, 5) is 12.1. The molecular formula is C14H14F4O. The summed E-state index contributed by atoms with van der Waals surface area (Å²) >= 11 is 0. The lowest BCUT2D eigenvalue weighted by Gasteiger charge is -2.12. The lowest BCUT2D eigenvalue weighted by atomic mass is 9.94. The van der Waals surface area contributed by atoms with Crippen LogP contribution in [0, 0.1) is 17.7 Å². The zero-order chi connectivity index (χ0) is 14.2. The van der Waals surface area contributed by atoms with Crippen LogP contribution in [0.4, 0.5) is 17.6 Å². The molecule has 2 rings (SSSR count). The molecule has 1 nitrogen and oxygen atoms in total. The Morgan fingerprint density at radius 2 is 1.95 bits per heavy atom. The number of alkyl halides is 3. The van der Waals surface area contributed by atoms with Gasteiger partial charge in [0.1, 0.15) is 5.82 Å². The van der Waals surface area contributed by atoms with Crippen LogP contribution in [0.5, 0.6) is 0 Å². The summed E-state index contributed by atoms with van der Waals surface area (Å²) in [5.41, 5.74) is -1.42. The number of rotatable bonds is 2. The van der Waals surface area contributed by atoms with Gasteiger partial charge in [-0.25, -0.2) is 4.39 Å². The Labute approximate surface area is 108 Å². The van der Waals surface area contributed by atoms with Crippen molar-refractivity contribution in [3.63, 3.8) is 0 Å². The first-order chi connectivity index (χ1) is 8.79. The second kappa shape index (κ2) is 4.94. The molecule has 5 heteroatoms. The van der Waals surface area contributed by atoms with Gasteiger partial charge in [0.05, 0.1) is 5.56 Å². The average Bonchev–Trinajstić information content (AvgIpc) is 2.74. The molecule has 1 aliphatic rings. The van der Waals surface area contributed by atoms with E-state index < -0.39 is 17.6 Å². The van der Waals surface area contributed by atoms with E-state index in [0.29, 0.717) is 30.9 Å². The summed E-state index contributed by atoms with van der Waals surface area (Å²) in [6.07, 6.45) is -2.48. The van der Waals surface area contributed by atoms with Gasteiger partial charge in [0.15, 0.2) is 5.78 Å². The van der Waals surface area contributed by atoms with Crippen LogP contribution in [0.1, 0.15) is 42.1 Å². The summed E-state index contributed by atoms with van der Waals surface area (Å²) in [6.45, 7) is 2.01. The Hall–Kier alpha value is -1.39. The van der Waals surface area contributed by atoms with E-state index in [0.717, 1.165) is 12.5 Å². The van der Waals surface area contributed by atoms with Crippen molar-refractivity contribution in [3.05, 3.63) is 35.1 Å². The Morgan fingerprint density at radius 3 is 2.47 bits per heavy atom. The molecule has 0 aliphatic heterocycles. The third-order valence-corrected chi connectivity index (χ3v) is 3.62. The molecular weight excluding hydrogens is 260 g/mol. The van der Waals surface area contributed by atoms with Gasteiger partial charge in [0.25, 0.3) is 0 Å². The van der Waals surface area contributed by atoms with Crippen molar-refractivity contribution in [1.29, 1.82) is 0 Å². The molecule has 0 aromatic heterocycles. The molecule has 0 N–H and O–H groups in total. The van der Waals surface area contributed by atoms with E-state index in [4.69, 9.17) is 0 Å². The van der Waals surface area contributed by atoms with Crippen molar-refractivity contribution in [2.24, 2.45) is 11.8 Å². The molecule has 2 unspecified atom stereocenters. The molecule has 0 amide bonds. The maximum absolute atomic E-state index is 13.1. The highest BCUT2D eigenvalue weighted by Gasteiger charge is 2.35. The van der Waals surface area contributed by atoms with Gasteiger partial charge in [-0.1, -0.05) is 6.92 Å². The fourth-order valence-corrected chi connectivity index (χ4v) is 2.58. The third-order valence-electron chi connectivity index (χ3n) is 3.62. The van der Waals surface area contributed by atoms with E-state index in [1.807, 2.05) is 6.92 Å². The predicted octanol–water partition coefficient (Wildman–Crippen LogP) is 4.46. The number of benzene rings is 1. The van der Waals surface area contributed by atoms with Crippen molar-refractivity contribution < 1.29 is 22.4 Å². The molecule has 0 heterocycles. The molecule has 1 fully saturated rings. The molecule has 1 saturated carbocycles. The van der Waals surface area contributed by atoms with Gasteiger partial charge in [-0.05, 0) is 43.4 Å². The Kier molecular flexibility index (Phi) is 3.65. The van der Waals surface area contributed by atoms with Gasteiger partial charge in [-0.3, -0.25) is 4.79 Å². The second-order valence-corrected chi connectivity index (χ2v) is 5.17. The number of hydrogen-bond acceptors (Lipinski definition) is 1. The van der Waals surface area contributed by atoms with E-state index in [1.165, 1.54) is 0 Å². The maximum atomic E-state index is 13.1. The summed E-state index contributed by atoms with van der Waals surface area (Å²) in [7, 11) is 0. The van der Waals surface area contributed by atoms with E-state index in [-0.39, 0.29) is 17.3 Å². The number of hydrogen-bond donors (Lipinski definition) is 0. The molecule has 0 radical (unpaired) electrons. The molecule has 1 aromatic rings. The molecule has 1 aliphatic carbocycles. The average molecular weight is 274 g/mol. The zero-order valence-corrected chi connectivity index (χ0v) is 10.4. The Balaban J connectivity index is 2.28. The molecule has 0 bridgehead atoms. The molecule has 1 aromatic carbocycles. The second-order valence-electron chi connectivity index (χ2n) is 5.17. The lowest BCUT2D eigenvalue weighted by Crippen LogP contribution is -2.15. The minimum absolute atomic E-state index is 0.0483. The molecule has 19 heavy (non-hydrogen) atoms. The van der Waals surface area contributed by atoms with Crippen LogP contribution in [0.3, 0.4) is 0 Å². The van der Waals surface area contributed by atoms with Crippen molar-refractivity contribution >= 4 is 5.78 Å². The van der Waals surface area contributed by atoms with Gasteiger partial charge in [-0.15, -0.1) is 0 Å². The van der Waals surface area contributed by atoms with Gasteiger partial charge >= 0.3 is 6.18 Å². The van der Waals surface area contributed by atoms with Gasteiger partial charge in [-0.2, -0.15) is 13.2 Å². The smallest absolute Gasteiger partial charge is 0.294 e. The number of Topliss-reactive ketones (excluding diaryl/α,β-unsaturated/α-hetero) is 1. The van der Waals surface area contributed by atoms with E-state index in [1.54, 1.807) is 0 Å². The van der Waals surface area contributed by atoms with Gasteiger partial charge in [0, 0.05) is 11.5 Å². The van der Waals surface area contributed by atoms with Crippen LogP contribution in [0.15, 0.2) is 18.2 Å². The maximum Gasteiger partial charge on any atom is 0.419 e. The molecule has 0 spiro atoms. The standard InChI is InChI=1S/C14H14F4O/c1-8-2-3-9(6-8)13(19)10-4-5-12(15)11(7-10)14(16,17)18/h4-5,7-9H,2-3,6H2,1H3. The topological polar surface area (TPSA) is 17.1 Å². The number of halogens is 4. The Bertz CT molecular complexity index is 493. The number of ketones is 1. The number of carbonyl (C=O) groups excluding carboxylic acids is 1. The SMILES string of the molecule is CC1CCC(C(=O)c2ccc(F)c(C(F)(F)F)c2)C1. The normalized spacial score (nSPS) is 23.6. The van der Waals surface area contributed by atoms with Crippen LogP contribution in [-0.4, -0.2) is 5.78 Å². The highest BCUT2D eigenvalue weighted by molar-refractivity contribution is 5.98. The zero-order valence-electron chi connectivity index (χ0n) is 10.4. The van der Waals surface area contributed by atoms with Crippen LogP contribution in [0.2, 0.25) is 0 Å². The van der Waals surface area contributed by atoms with E-state index in [9.17, 15) is 22.4 Å². The van der Waals surface area contributed by atoms with Crippen molar-refractivity contribution in [3.8, 4) is 0 Å². The summed E-state index contributed by atoms with van der Waals surface area (Å²) in [5.74, 6) is -1.48. The first kappa shape index (κ1) is 14.0. The summed E-state index contributed by atoms with van der Waals surface area (Å²) < 4.78 is 50.9. The fraction of sp³-hybridized carbons (Fsp3) is 0.500. The number of carbonyl (C=O) groups is 1. The van der Waals surface area contributed by atoms with E-state index >= 15 is 0 Å². The van der Waals surface area contributed by atoms with Crippen LogP contribution in [0.25, 0.3) is 0 Å². The first-order valence-electron chi connectivity index (χ1n) is 6.20. The van der Waals surface area contributed by atoms with Crippen molar-refractivity contribution in [2.45, 2.75) is 32.4 Å². The molecule has 0 saturated heterocycles. The summed E-state index contributed by atoms with van der Waals surface area (Å²) in [6, 6.07) is 2.48. The van der Waals surface area contributed by atoms with E-state index in [2.05, 4.69) is 0 Å². The minimum Gasteiger partial charge on any atom is -0.294 e. The fourth-order valence-electron chi connectivity index (χ4n) is 2.58. The van der Waals surface area contributed by atoms with Crippen molar-refractivity contribution in [2.75, 3.05) is 0 Å². The van der Waals surface area contributed by atoms with Crippen LogP contribution < -0.4 is 0 Å². The highest BCUT2D eigenvalue weighted by Crippen LogP contribution is 2.35. The largest absolute Gasteiger partial charge is 0.419 e. The van der Waals surface area contributed by atoms with Crippen LogP contribution >= 0.6 is 0 Å². The Morgan fingerprint density at radius 1 is 1.26 bits per heavy atom. The van der Waals surface area contributed by atoms with Crippen molar-refractivity contribution in [1.82, 2.24) is 0 Å². The quantitative estimate of drug-likeness (QED) is 0.574. The monoisotopic (exact) mass is 274 g/mol. The first-order valence-corrected chi connectivity index (χ1v) is 6.20.